The topological polar surface area (TPSA) is 12.4 Å². The van der Waals surface area contributed by atoms with Crippen LogP contribution in [-0.4, -0.2) is 13.0 Å². The van der Waals surface area contributed by atoms with E-state index in [-0.39, 0.29) is 0 Å². The zero-order valence-corrected chi connectivity index (χ0v) is 9.61. The molecule has 0 unspecified atom stereocenters. The molecule has 1 aromatic carbocycles. The maximum atomic E-state index is 3.93. The number of thioether (sulfide) groups is 1. The molecule has 72 valence electrons. The van der Waals surface area contributed by atoms with Crippen LogP contribution in [0.4, 0.5) is 5.69 Å². The molecule has 0 aliphatic rings. The smallest absolute Gasteiger partial charge is 0.0760 e. The molecular weight excluding hydrogens is 178 g/mol. The normalized spacial score (nSPS) is 8.62. The molecule has 0 saturated carbocycles. The largest absolute Gasteiger partial charge is 0.263 e. The Balaban J connectivity index is 0.000000671. The van der Waals surface area contributed by atoms with Gasteiger partial charge in [-0.05, 0) is 37.6 Å². The summed E-state index contributed by atoms with van der Waals surface area (Å²) in [6.45, 7) is 9.57. The van der Waals surface area contributed by atoms with E-state index in [1.807, 2.05) is 26.2 Å². The molecule has 0 saturated heterocycles. The first-order valence-electron chi connectivity index (χ1n) is 4.39. The van der Waals surface area contributed by atoms with Gasteiger partial charge in [0.15, 0.2) is 0 Å². The van der Waals surface area contributed by atoms with Crippen molar-refractivity contribution in [1.82, 2.24) is 0 Å². The van der Waals surface area contributed by atoms with Crippen molar-refractivity contribution in [2.24, 2.45) is 4.99 Å². The first kappa shape index (κ1) is 12.2. The Kier molecular flexibility index (Phi) is 6.33. The van der Waals surface area contributed by atoms with E-state index in [0.29, 0.717) is 0 Å². The predicted octanol–water partition coefficient (Wildman–Crippen LogP) is 4.08. The minimum atomic E-state index is 0.984. The van der Waals surface area contributed by atoms with Crippen molar-refractivity contribution in [3.8, 4) is 0 Å². The van der Waals surface area contributed by atoms with Crippen molar-refractivity contribution in [3.05, 3.63) is 23.8 Å². The molecule has 1 nitrogen and oxygen atoms in total. The summed E-state index contributed by atoms with van der Waals surface area (Å²) in [5.41, 5.74) is 2.21. The van der Waals surface area contributed by atoms with Crippen molar-refractivity contribution in [1.29, 1.82) is 0 Å². The fraction of sp³-hybridized carbons (Fsp3) is 0.364. The summed E-state index contributed by atoms with van der Waals surface area (Å²) in [6, 6.07) is 6.20. The second-order valence-electron chi connectivity index (χ2n) is 2.33. The molecule has 0 radical (unpaired) electrons. The van der Waals surface area contributed by atoms with Crippen LogP contribution in [0.25, 0.3) is 0 Å². The number of nitrogens with zero attached hydrogens (tertiary/aromatic N) is 1. The van der Waals surface area contributed by atoms with Crippen LogP contribution in [0.2, 0.25) is 0 Å². The SMILES string of the molecule is C=Nc1cc(C)ccc1SC.CC. The van der Waals surface area contributed by atoms with Crippen LogP contribution in [0.15, 0.2) is 28.1 Å². The van der Waals surface area contributed by atoms with Gasteiger partial charge in [0.1, 0.15) is 0 Å². The zero-order chi connectivity index (χ0) is 10.3. The summed E-state index contributed by atoms with van der Waals surface area (Å²) < 4.78 is 0. The summed E-state index contributed by atoms with van der Waals surface area (Å²) in [4.78, 5) is 5.12. The Morgan fingerprint density at radius 2 is 1.92 bits per heavy atom. The average Bonchev–Trinajstić information content (AvgIpc) is 2.20. The molecule has 13 heavy (non-hydrogen) atoms. The fourth-order valence-electron chi connectivity index (χ4n) is 0.924. The first-order valence-corrected chi connectivity index (χ1v) is 5.61. The zero-order valence-electron chi connectivity index (χ0n) is 8.79. The minimum Gasteiger partial charge on any atom is -0.263 e. The van der Waals surface area contributed by atoms with Gasteiger partial charge in [-0.3, -0.25) is 4.99 Å². The minimum absolute atomic E-state index is 0.984. The number of benzene rings is 1. The molecule has 0 atom stereocenters. The van der Waals surface area contributed by atoms with Crippen molar-refractivity contribution in [2.45, 2.75) is 25.7 Å². The van der Waals surface area contributed by atoms with Gasteiger partial charge in [-0.2, -0.15) is 0 Å². The standard InChI is InChI=1S/C9H11NS.C2H6/c1-7-4-5-9(11-3)8(6-7)10-2;1-2/h4-6H,2H2,1,3H3;1-2H3. The van der Waals surface area contributed by atoms with Crippen molar-refractivity contribution in [3.63, 3.8) is 0 Å². The van der Waals surface area contributed by atoms with Gasteiger partial charge in [0.25, 0.3) is 0 Å². The first-order chi connectivity index (χ1) is 6.27. The van der Waals surface area contributed by atoms with E-state index >= 15 is 0 Å². The summed E-state index contributed by atoms with van der Waals surface area (Å²) in [5.74, 6) is 0. The molecule has 0 amide bonds. The molecule has 0 aliphatic carbocycles. The van der Waals surface area contributed by atoms with Gasteiger partial charge in [0.05, 0.1) is 5.69 Å². The van der Waals surface area contributed by atoms with Crippen LogP contribution < -0.4 is 0 Å². The van der Waals surface area contributed by atoms with Gasteiger partial charge >= 0.3 is 0 Å². The molecule has 0 aliphatic heterocycles. The van der Waals surface area contributed by atoms with E-state index in [1.54, 1.807) is 11.8 Å². The Morgan fingerprint density at radius 1 is 1.31 bits per heavy atom. The van der Waals surface area contributed by atoms with E-state index < -0.39 is 0 Å². The Labute approximate surface area is 85.3 Å². The van der Waals surface area contributed by atoms with Crippen LogP contribution in [0, 0.1) is 6.92 Å². The molecule has 0 heterocycles. The maximum absolute atomic E-state index is 3.93. The third-order valence-corrected chi connectivity index (χ3v) is 2.29. The Morgan fingerprint density at radius 3 is 2.38 bits per heavy atom. The van der Waals surface area contributed by atoms with E-state index in [9.17, 15) is 0 Å². The Hall–Kier alpha value is -0.760. The van der Waals surface area contributed by atoms with E-state index in [2.05, 4.69) is 30.8 Å². The molecule has 0 spiro atoms. The van der Waals surface area contributed by atoms with Crippen LogP contribution in [-0.2, 0) is 0 Å². The molecular formula is C11H17NS. The molecule has 0 aromatic heterocycles. The lowest BCUT2D eigenvalue weighted by atomic mass is 10.2. The summed E-state index contributed by atoms with van der Waals surface area (Å²) in [6.07, 6.45) is 2.04. The molecule has 0 fully saturated rings. The quantitative estimate of drug-likeness (QED) is 0.511. The lowest BCUT2D eigenvalue weighted by Gasteiger charge is -2.01. The van der Waals surface area contributed by atoms with E-state index in [4.69, 9.17) is 0 Å². The molecule has 0 bridgehead atoms. The monoisotopic (exact) mass is 195 g/mol. The second-order valence-corrected chi connectivity index (χ2v) is 3.18. The highest BCUT2D eigenvalue weighted by Gasteiger charge is 1.97. The maximum Gasteiger partial charge on any atom is 0.0760 e. The van der Waals surface area contributed by atoms with Gasteiger partial charge in [0.2, 0.25) is 0 Å². The lowest BCUT2D eigenvalue weighted by Crippen LogP contribution is -1.74. The third kappa shape index (κ3) is 3.64. The van der Waals surface area contributed by atoms with Crippen LogP contribution >= 0.6 is 11.8 Å². The number of rotatable bonds is 2. The summed E-state index contributed by atoms with van der Waals surface area (Å²) >= 11 is 1.69. The summed E-state index contributed by atoms with van der Waals surface area (Å²) in [5, 5.41) is 0. The van der Waals surface area contributed by atoms with E-state index in [0.717, 1.165) is 5.69 Å². The van der Waals surface area contributed by atoms with Gasteiger partial charge in [-0.25, -0.2) is 0 Å². The summed E-state index contributed by atoms with van der Waals surface area (Å²) in [7, 11) is 0. The van der Waals surface area contributed by atoms with Crippen LogP contribution in [0.5, 0.6) is 0 Å². The fourth-order valence-corrected chi connectivity index (χ4v) is 1.46. The third-order valence-electron chi connectivity index (χ3n) is 1.50. The molecule has 0 N–H and O–H groups in total. The number of hydrogen-bond donors (Lipinski definition) is 0. The van der Waals surface area contributed by atoms with E-state index in [1.165, 1.54) is 10.5 Å². The highest BCUT2D eigenvalue weighted by molar-refractivity contribution is 7.98. The Bertz CT molecular complexity index is 269. The van der Waals surface area contributed by atoms with Crippen LogP contribution in [0.1, 0.15) is 19.4 Å². The van der Waals surface area contributed by atoms with Gasteiger partial charge in [-0.1, -0.05) is 19.9 Å². The number of aliphatic imine (C=N–C) groups is 1. The average molecular weight is 195 g/mol. The highest BCUT2D eigenvalue weighted by Crippen LogP contribution is 2.27. The van der Waals surface area contributed by atoms with Gasteiger partial charge in [-0.15, -0.1) is 11.8 Å². The highest BCUT2D eigenvalue weighted by atomic mass is 32.2. The molecule has 1 aromatic rings. The van der Waals surface area contributed by atoms with Crippen molar-refractivity contribution in [2.75, 3.05) is 6.26 Å². The molecule has 2 heteroatoms. The van der Waals surface area contributed by atoms with Gasteiger partial charge < -0.3 is 0 Å². The van der Waals surface area contributed by atoms with Crippen LogP contribution in [0.3, 0.4) is 0 Å². The van der Waals surface area contributed by atoms with Gasteiger partial charge in [0, 0.05) is 4.90 Å². The molecule has 1 rings (SSSR count). The second kappa shape index (κ2) is 6.72. The number of hydrogen-bond acceptors (Lipinski definition) is 2. The van der Waals surface area contributed by atoms with Crippen molar-refractivity contribution < 1.29 is 0 Å². The predicted molar refractivity (Wildman–Crippen MR) is 63.5 cm³/mol. The lowest BCUT2D eigenvalue weighted by molar-refractivity contribution is 1.34. The number of aryl methyl sites for hydroxylation is 1. The van der Waals surface area contributed by atoms with Crippen molar-refractivity contribution >= 4 is 24.2 Å².